The Morgan fingerprint density at radius 1 is 1.10 bits per heavy atom. The van der Waals surface area contributed by atoms with E-state index in [4.69, 9.17) is 0 Å². The predicted octanol–water partition coefficient (Wildman–Crippen LogP) is 3.81. The van der Waals surface area contributed by atoms with Crippen molar-refractivity contribution in [3.8, 4) is 0 Å². The summed E-state index contributed by atoms with van der Waals surface area (Å²) in [4.78, 5) is 0.292. The van der Waals surface area contributed by atoms with E-state index >= 15 is 0 Å². The molecule has 0 saturated heterocycles. The molecule has 0 saturated carbocycles. The molecule has 0 spiro atoms. The van der Waals surface area contributed by atoms with E-state index in [0.29, 0.717) is 4.90 Å². The van der Waals surface area contributed by atoms with Crippen molar-refractivity contribution in [3.05, 3.63) is 64.1 Å². The van der Waals surface area contributed by atoms with E-state index in [1.165, 1.54) is 5.56 Å². The van der Waals surface area contributed by atoms with E-state index in [0.717, 1.165) is 29.3 Å². The van der Waals surface area contributed by atoms with E-state index in [9.17, 15) is 8.42 Å². The van der Waals surface area contributed by atoms with Gasteiger partial charge in [0.1, 0.15) is 0 Å². The van der Waals surface area contributed by atoms with Crippen LogP contribution in [0.1, 0.15) is 30.0 Å². The van der Waals surface area contributed by atoms with Crippen LogP contribution in [0.2, 0.25) is 0 Å². The molecule has 0 aliphatic heterocycles. The van der Waals surface area contributed by atoms with Crippen LogP contribution in [0.25, 0.3) is 0 Å². The zero-order chi connectivity index (χ0) is 14.9. The summed E-state index contributed by atoms with van der Waals surface area (Å²) in [6.45, 7) is 0. The maximum Gasteiger partial charge on any atom is 0.241 e. The molecule has 2 aromatic carbocycles. The van der Waals surface area contributed by atoms with Gasteiger partial charge in [-0.3, -0.25) is 0 Å². The van der Waals surface area contributed by atoms with Gasteiger partial charge in [0.2, 0.25) is 10.0 Å². The van der Waals surface area contributed by atoms with Crippen molar-refractivity contribution < 1.29 is 8.42 Å². The summed E-state index contributed by atoms with van der Waals surface area (Å²) in [5.74, 6) is 0. The average molecular weight is 366 g/mol. The van der Waals surface area contributed by atoms with Gasteiger partial charge in [-0.15, -0.1) is 0 Å². The number of benzene rings is 2. The standard InChI is InChI=1S/C16H16BrNO2S/c17-13-7-4-8-14(11-13)21(19,20)18-16-10-3-6-12-5-1-2-9-15(12)16/h1-2,4-5,7-9,11,16,18H,3,6,10H2/t16-/m0/s1. The molecule has 1 aliphatic carbocycles. The monoisotopic (exact) mass is 365 g/mol. The molecular formula is C16H16BrNO2S. The number of fused-ring (bicyclic) bond motifs is 1. The van der Waals surface area contributed by atoms with Gasteiger partial charge in [-0.2, -0.15) is 0 Å². The Bertz CT molecular complexity index is 758. The zero-order valence-electron chi connectivity index (χ0n) is 11.4. The Kier molecular flexibility index (Phi) is 4.15. The minimum Gasteiger partial charge on any atom is -0.207 e. The number of aryl methyl sites for hydroxylation is 1. The Morgan fingerprint density at radius 2 is 1.90 bits per heavy atom. The highest BCUT2D eigenvalue weighted by molar-refractivity contribution is 9.10. The fourth-order valence-corrected chi connectivity index (χ4v) is 4.61. The van der Waals surface area contributed by atoms with Crippen molar-refractivity contribution in [2.45, 2.75) is 30.2 Å². The molecule has 1 N–H and O–H groups in total. The molecule has 0 fully saturated rings. The number of nitrogens with one attached hydrogen (secondary N) is 1. The molecule has 0 bridgehead atoms. The van der Waals surface area contributed by atoms with Crippen LogP contribution in [-0.2, 0) is 16.4 Å². The van der Waals surface area contributed by atoms with Crippen molar-refractivity contribution >= 4 is 26.0 Å². The van der Waals surface area contributed by atoms with Gasteiger partial charge in [-0.25, -0.2) is 13.1 Å². The van der Waals surface area contributed by atoms with Crippen molar-refractivity contribution in [2.75, 3.05) is 0 Å². The van der Waals surface area contributed by atoms with E-state index in [-0.39, 0.29) is 6.04 Å². The maximum atomic E-state index is 12.5. The summed E-state index contributed by atoms with van der Waals surface area (Å²) < 4.78 is 28.7. The van der Waals surface area contributed by atoms with E-state index in [1.54, 1.807) is 18.2 Å². The second-order valence-electron chi connectivity index (χ2n) is 5.22. The maximum absolute atomic E-state index is 12.5. The molecule has 21 heavy (non-hydrogen) atoms. The molecule has 0 aromatic heterocycles. The normalized spacial score (nSPS) is 18.2. The van der Waals surface area contributed by atoms with Crippen LogP contribution < -0.4 is 4.72 Å². The van der Waals surface area contributed by atoms with Crippen molar-refractivity contribution in [1.29, 1.82) is 0 Å². The number of hydrogen-bond acceptors (Lipinski definition) is 2. The lowest BCUT2D eigenvalue weighted by molar-refractivity contribution is 0.507. The van der Waals surface area contributed by atoms with Gasteiger partial charge in [-0.05, 0) is 48.6 Å². The molecule has 110 valence electrons. The van der Waals surface area contributed by atoms with Crippen molar-refractivity contribution in [1.82, 2.24) is 4.72 Å². The topological polar surface area (TPSA) is 46.2 Å². The number of rotatable bonds is 3. The summed E-state index contributed by atoms with van der Waals surface area (Å²) in [5.41, 5.74) is 2.34. The lowest BCUT2D eigenvalue weighted by Crippen LogP contribution is -2.31. The first-order chi connectivity index (χ1) is 10.1. The Balaban J connectivity index is 1.90. The third-order valence-corrected chi connectivity index (χ3v) is 5.74. The highest BCUT2D eigenvalue weighted by atomic mass is 79.9. The summed E-state index contributed by atoms with van der Waals surface area (Å²) in [5, 5.41) is 0. The minimum absolute atomic E-state index is 0.140. The van der Waals surface area contributed by atoms with E-state index in [2.05, 4.69) is 26.7 Å². The second kappa shape index (κ2) is 5.91. The highest BCUT2D eigenvalue weighted by Crippen LogP contribution is 2.31. The third-order valence-electron chi connectivity index (χ3n) is 3.77. The molecule has 1 aliphatic rings. The quantitative estimate of drug-likeness (QED) is 0.898. The average Bonchev–Trinajstić information content (AvgIpc) is 2.47. The summed E-state index contributed by atoms with van der Waals surface area (Å²) >= 11 is 3.31. The van der Waals surface area contributed by atoms with Gasteiger partial charge in [0.15, 0.2) is 0 Å². The van der Waals surface area contributed by atoms with Gasteiger partial charge >= 0.3 is 0 Å². The smallest absolute Gasteiger partial charge is 0.207 e. The first kappa shape index (κ1) is 14.8. The van der Waals surface area contributed by atoms with Gasteiger partial charge in [-0.1, -0.05) is 46.3 Å². The molecule has 5 heteroatoms. The molecule has 0 radical (unpaired) electrons. The molecule has 2 aromatic rings. The van der Waals surface area contributed by atoms with Crippen LogP contribution in [0.15, 0.2) is 57.9 Å². The molecular weight excluding hydrogens is 350 g/mol. The first-order valence-corrected chi connectivity index (χ1v) is 9.19. The van der Waals surface area contributed by atoms with Gasteiger partial charge in [0, 0.05) is 10.5 Å². The molecule has 3 nitrogen and oxygen atoms in total. The lowest BCUT2D eigenvalue weighted by Gasteiger charge is -2.26. The molecule has 1 atom stereocenters. The zero-order valence-corrected chi connectivity index (χ0v) is 13.8. The molecule has 0 amide bonds. The third kappa shape index (κ3) is 3.20. The van der Waals surface area contributed by atoms with Crippen LogP contribution >= 0.6 is 15.9 Å². The summed E-state index contributed by atoms with van der Waals surface area (Å²) in [7, 11) is -3.51. The molecule has 3 rings (SSSR count). The SMILES string of the molecule is O=S(=O)(N[C@H]1CCCc2ccccc21)c1cccc(Br)c1. The molecule has 0 heterocycles. The largest absolute Gasteiger partial charge is 0.241 e. The predicted molar refractivity (Wildman–Crippen MR) is 86.6 cm³/mol. The van der Waals surface area contributed by atoms with Crippen LogP contribution in [0.4, 0.5) is 0 Å². The van der Waals surface area contributed by atoms with Crippen LogP contribution in [0, 0.1) is 0 Å². The lowest BCUT2D eigenvalue weighted by atomic mass is 9.88. The van der Waals surface area contributed by atoms with Gasteiger partial charge < -0.3 is 0 Å². The number of hydrogen-bond donors (Lipinski definition) is 1. The highest BCUT2D eigenvalue weighted by Gasteiger charge is 2.25. The van der Waals surface area contributed by atoms with Crippen molar-refractivity contribution in [2.24, 2.45) is 0 Å². The first-order valence-electron chi connectivity index (χ1n) is 6.92. The minimum atomic E-state index is -3.51. The number of halogens is 1. The Labute approximate surface area is 133 Å². The van der Waals surface area contributed by atoms with Crippen LogP contribution in [0.3, 0.4) is 0 Å². The summed E-state index contributed by atoms with van der Waals surface area (Å²) in [6.07, 6.45) is 2.86. The van der Waals surface area contributed by atoms with Crippen LogP contribution in [0.5, 0.6) is 0 Å². The fourth-order valence-electron chi connectivity index (χ4n) is 2.77. The number of sulfonamides is 1. The Hall–Kier alpha value is -1.17. The van der Waals surface area contributed by atoms with Crippen molar-refractivity contribution in [3.63, 3.8) is 0 Å². The Morgan fingerprint density at radius 3 is 2.71 bits per heavy atom. The van der Waals surface area contributed by atoms with E-state index in [1.807, 2.05) is 24.3 Å². The fraction of sp³-hybridized carbons (Fsp3) is 0.250. The van der Waals surface area contributed by atoms with E-state index < -0.39 is 10.0 Å². The van der Waals surface area contributed by atoms with Gasteiger partial charge in [0.05, 0.1) is 4.90 Å². The second-order valence-corrected chi connectivity index (χ2v) is 7.85. The van der Waals surface area contributed by atoms with Crippen LogP contribution in [-0.4, -0.2) is 8.42 Å². The van der Waals surface area contributed by atoms with Gasteiger partial charge in [0.25, 0.3) is 0 Å². The molecule has 0 unspecified atom stereocenters. The summed E-state index contributed by atoms with van der Waals surface area (Å²) in [6, 6.07) is 14.7.